The number of nitrogens with one attached hydrogen (secondary N) is 1. The molecule has 1 aromatic rings. The molecule has 1 aromatic carbocycles. The largest absolute Gasteiger partial charge is 0.495 e. The summed E-state index contributed by atoms with van der Waals surface area (Å²) in [6.45, 7) is 0.832. The SMILES string of the molecule is COc1ccc(CC(=O)OCC(=O)NC2CC2)cc1S(=O)(=O)N1CCOCC1. The Balaban J connectivity index is 1.67. The molecule has 28 heavy (non-hydrogen) atoms. The van der Waals surface area contributed by atoms with Crippen LogP contribution in [-0.2, 0) is 35.5 Å². The minimum Gasteiger partial charge on any atom is -0.495 e. The van der Waals surface area contributed by atoms with Crippen molar-refractivity contribution in [1.29, 1.82) is 0 Å². The Labute approximate surface area is 164 Å². The molecule has 1 aliphatic carbocycles. The lowest BCUT2D eigenvalue weighted by Gasteiger charge is -2.26. The first-order valence-corrected chi connectivity index (χ1v) is 10.5. The van der Waals surface area contributed by atoms with Crippen LogP contribution in [0.15, 0.2) is 23.1 Å². The van der Waals surface area contributed by atoms with Gasteiger partial charge in [-0.15, -0.1) is 0 Å². The first kappa shape index (κ1) is 20.6. The van der Waals surface area contributed by atoms with Crippen LogP contribution in [0.25, 0.3) is 0 Å². The summed E-state index contributed by atoms with van der Waals surface area (Å²) in [5, 5.41) is 2.73. The molecule has 0 atom stereocenters. The Hall–Kier alpha value is -2.17. The zero-order chi connectivity index (χ0) is 20.1. The minimum absolute atomic E-state index is 0.00586. The molecule has 3 rings (SSSR count). The minimum atomic E-state index is -3.78. The van der Waals surface area contributed by atoms with Crippen molar-refractivity contribution in [2.24, 2.45) is 0 Å². The van der Waals surface area contributed by atoms with Crippen LogP contribution in [0, 0.1) is 0 Å². The van der Waals surface area contributed by atoms with Gasteiger partial charge in [0.2, 0.25) is 10.0 Å². The third kappa shape index (κ3) is 5.21. The maximum Gasteiger partial charge on any atom is 0.310 e. The van der Waals surface area contributed by atoms with Crippen LogP contribution >= 0.6 is 0 Å². The van der Waals surface area contributed by atoms with Gasteiger partial charge in [0.15, 0.2) is 6.61 Å². The van der Waals surface area contributed by atoms with Gasteiger partial charge in [-0.05, 0) is 30.5 Å². The van der Waals surface area contributed by atoms with E-state index in [0.29, 0.717) is 18.8 Å². The van der Waals surface area contributed by atoms with Crippen molar-refractivity contribution in [3.63, 3.8) is 0 Å². The lowest BCUT2D eigenvalue weighted by atomic mass is 10.1. The first-order valence-electron chi connectivity index (χ1n) is 9.10. The number of nitrogens with zero attached hydrogens (tertiary/aromatic N) is 1. The normalized spacial score (nSPS) is 17.8. The highest BCUT2D eigenvalue weighted by atomic mass is 32.2. The van der Waals surface area contributed by atoms with Gasteiger partial charge in [-0.1, -0.05) is 6.07 Å². The number of amides is 1. The van der Waals surface area contributed by atoms with Crippen molar-refractivity contribution in [3.05, 3.63) is 23.8 Å². The number of benzene rings is 1. The van der Waals surface area contributed by atoms with E-state index in [2.05, 4.69) is 5.32 Å². The highest BCUT2D eigenvalue weighted by Gasteiger charge is 2.30. The molecule has 1 aliphatic heterocycles. The van der Waals surface area contributed by atoms with Crippen molar-refractivity contribution >= 4 is 21.9 Å². The number of morpholine rings is 1. The Morgan fingerprint density at radius 2 is 1.96 bits per heavy atom. The fourth-order valence-corrected chi connectivity index (χ4v) is 4.43. The van der Waals surface area contributed by atoms with Crippen LogP contribution < -0.4 is 10.1 Å². The van der Waals surface area contributed by atoms with Gasteiger partial charge in [0.1, 0.15) is 10.6 Å². The smallest absolute Gasteiger partial charge is 0.310 e. The van der Waals surface area contributed by atoms with E-state index in [0.717, 1.165) is 12.8 Å². The summed E-state index contributed by atoms with van der Waals surface area (Å²) in [7, 11) is -2.39. The fraction of sp³-hybridized carbons (Fsp3) is 0.556. The number of hydrogen-bond acceptors (Lipinski definition) is 7. The molecule has 1 heterocycles. The number of ether oxygens (including phenoxy) is 3. The molecule has 9 nitrogen and oxygen atoms in total. The van der Waals surface area contributed by atoms with Crippen molar-refractivity contribution in [3.8, 4) is 5.75 Å². The first-order chi connectivity index (χ1) is 13.4. The van der Waals surface area contributed by atoms with E-state index in [-0.39, 0.29) is 48.7 Å². The van der Waals surface area contributed by atoms with Gasteiger partial charge in [0, 0.05) is 19.1 Å². The number of carbonyl (C=O) groups excluding carboxylic acids is 2. The summed E-state index contributed by atoms with van der Waals surface area (Å²) >= 11 is 0. The predicted molar refractivity (Wildman–Crippen MR) is 98.4 cm³/mol. The van der Waals surface area contributed by atoms with Gasteiger partial charge >= 0.3 is 5.97 Å². The van der Waals surface area contributed by atoms with Crippen LogP contribution in [0.5, 0.6) is 5.75 Å². The molecule has 2 fully saturated rings. The van der Waals surface area contributed by atoms with Gasteiger partial charge in [-0.2, -0.15) is 4.31 Å². The molecule has 0 unspecified atom stereocenters. The maximum absolute atomic E-state index is 12.9. The molecule has 1 amide bonds. The highest BCUT2D eigenvalue weighted by Crippen LogP contribution is 2.28. The van der Waals surface area contributed by atoms with Gasteiger partial charge in [-0.3, -0.25) is 9.59 Å². The van der Waals surface area contributed by atoms with Gasteiger partial charge in [0.25, 0.3) is 5.91 Å². The monoisotopic (exact) mass is 412 g/mol. The lowest BCUT2D eigenvalue weighted by Crippen LogP contribution is -2.40. The van der Waals surface area contributed by atoms with E-state index in [1.165, 1.54) is 23.5 Å². The van der Waals surface area contributed by atoms with Crippen molar-refractivity contribution in [2.75, 3.05) is 40.0 Å². The Morgan fingerprint density at radius 1 is 1.25 bits per heavy atom. The zero-order valence-corrected chi connectivity index (χ0v) is 16.5. The van der Waals surface area contributed by atoms with E-state index in [9.17, 15) is 18.0 Å². The molecule has 0 spiro atoms. The average molecular weight is 412 g/mol. The second-order valence-corrected chi connectivity index (χ2v) is 8.59. The highest BCUT2D eigenvalue weighted by molar-refractivity contribution is 7.89. The summed E-state index contributed by atoms with van der Waals surface area (Å²) in [5.41, 5.74) is 0.459. The van der Waals surface area contributed by atoms with Crippen LogP contribution in [-0.4, -0.2) is 70.7 Å². The third-order valence-corrected chi connectivity index (χ3v) is 6.39. The standard InChI is InChI=1S/C18H24N2O7S/c1-25-15-5-2-13(11-18(22)27-12-17(21)19-14-3-4-14)10-16(15)28(23,24)20-6-8-26-9-7-20/h2,5,10,14H,3-4,6-9,11-12H2,1H3,(H,19,21). The number of esters is 1. The number of sulfonamides is 1. The second-order valence-electron chi connectivity index (χ2n) is 6.68. The van der Waals surface area contributed by atoms with Crippen LogP contribution in [0.2, 0.25) is 0 Å². The molecule has 154 valence electrons. The van der Waals surface area contributed by atoms with Gasteiger partial charge in [-0.25, -0.2) is 8.42 Å². The number of carbonyl (C=O) groups is 2. The van der Waals surface area contributed by atoms with E-state index in [1.807, 2.05) is 0 Å². The molecular formula is C18H24N2O7S. The second kappa shape index (κ2) is 8.89. The van der Waals surface area contributed by atoms with E-state index < -0.39 is 16.0 Å². The summed E-state index contributed by atoms with van der Waals surface area (Å²) in [4.78, 5) is 23.6. The average Bonchev–Trinajstić information content (AvgIpc) is 3.51. The van der Waals surface area contributed by atoms with Crippen LogP contribution in [0.1, 0.15) is 18.4 Å². The summed E-state index contributed by atoms with van der Waals surface area (Å²) in [5.74, 6) is -0.737. The molecule has 0 aromatic heterocycles. The Kier molecular flexibility index (Phi) is 6.53. The number of rotatable bonds is 8. The van der Waals surface area contributed by atoms with Crippen LogP contribution in [0.4, 0.5) is 0 Å². The van der Waals surface area contributed by atoms with Crippen molar-refractivity contribution < 1.29 is 32.2 Å². The molecule has 1 saturated heterocycles. The molecular weight excluding hydrogens is 388 g/mol. The van der Waals surface area contributed by atoms with E-state index in [1.54, 1.807) is 6.07 Å². The van der Waals surface area contributed by atoms with Crippen LogP contribution in [0.3, 0.4) is 0 Å². The van der Waals surface area contributed by atoms with E-state index in [4.69, 9.17) is 14.2 Å². The Morgan fingerprint density at radius 3 is 2.61 bits per heavy atom. The third-order valence-electron chi connectivity index (χ3n) is 4.47. The lowest BCUT2D eigenvalue weighted by molar-refractivity contribution is -0.147. The summed E-state index contributed by atoms with van der Waals surface area (Å²) in [6.07, 6.45) is 1.75. The fourth-order valence-electron chi connectivity index (χ4n) is 2.82. The Bertz CT molecular complexity index is 830. The summed E-state index contributed by atoms with van der Waals surface area (Å²) in [6, 6.07) is 4.72. The molecule has 10 heteroatoms. The zero-order valence-electron chi connectivity index (χ0n) is 15.7. The number of hydrogen-bond donors (Lipinski definition) is 1. The van der Waals surface area contributed by atoms with Crippen molar-refractivity contribution in [2.45, 2.75) is 30.2 Å². The topological polar surface area (TPSA) is 111 Å². The quantitative estimate of drug-likeness (QED) is 0.602. The van der Waals surface area contributed by atoms with Gasteiger partial charge in [0.05, 0.1) is 26.7 Å². The molecule has 0 radical (unpaired) electrons. The predicted octanol–water partition coefficient (Wildman–Crippen LogP) is 0.0804. The summed E-state index contributed by atoms with van der Waals surface area (Å²) < 4.78 is 42.6. The number of methoxy groups -OCH3 is 1. The molecule has 0 bridgehead atoms. The van der Waals surface area contributed by atoms with Crippen molar-refractivity contribution in [1.82, 2.24) is 9.62 Å². The van der Waals surface area contributed by atoms with Gasteiger partial charge < -0.3 is 19.5 Å². The maximum atomic E-state index is 12.9. The van der Waals surface area contributed by atoms with E-state index >= 15 is 0 Å². The molecule has 1 saturated carbocycles. The molecule has 1 N–H and O–H groups in total. The molecule has 2 aliphatic rings.